The molecule has 0 radical (unpaired) electrons. The summed E-state index contributed by atoms with van der Waals surface area (Å²) in [7, 11) is 0. The van der Waals surface area contributed by atoms with Crippen LogP contribution in [-0.4, -0.2) is 51.6 Å². The Hall–Kier alpha value is -2.28. The number of aliphatic hydroxyl groups is 1. The van der Waals surface area contributed by atoms with Gasteiger partial charge in [-0.15, -0.1) is 0 Å². The summed E-state index contributed by atoms with van der Waals surface area (Å²) in [6.45, 7) is 2.14. The lowest BCUT2D eigenvalue weighted by atomic mass is 9.95. The molecule has 3 atom stereocenters. The first-order valence-corrected chi connectivity index (χ1v) is 11.5. The second kappa shape index (κ2) is 12.7. The van der Waals surface area contributed by atoms with Crippen LogP contribution in [0.25, 0.3) is 0 Å². The van der Waals surface area contributed by atoms with Crippen molar-refractivity contribution < 1.29 is 28.6 Å². The lowest BCUT2D eigenvalue weighted by Crippen LogP contribution is -2.36. The Morgan fingerprint density at radius 3 is 2.56 bits per heavy atom. The van der Waals surface area contributed by atoms with Gasteiger partial charge in [-0.1, -0.05) is 62.2 Å². The lowest BCUT2D eigenvalue weighted by molar-refractivity contribution is -0.148. The number of aryl methyl sites for hydroxylation is 1. The van der Waals surface area contributed by atoms with Crippen molar-refractivity contribution >= 4 is 11.9 Å². The van der Waals surface area contributed by atoms with Crippen LogP contribution in [0.1, 0.15) is 63.9 Å². The highest BCUT2D eigenvalue weighted by molar-refractivity contribution is 5.86. The van der Waals surface area contributed by atoms with Gasteiger partial charge in [-0.2, -0.15) is 8.78 Å². The van der Waals surface area contributed by atoms with Crippen LogP contribution in [-0.2, 0) is 16.0 Å². The summed E-state index contributed by atoms with van der Waals surface area (Å²) in [5, 5.41) is 19.1. The molecule has 1 aromatic carbocycles. The van der Waals surface area contributed by atoms with Crippen molar-refractivity contribution in [2.45, 2.75) is 82.8 Å². The summed E-state index contributed by atoms with van der Waals surface area (Å²) >= 11 is 0. The molecule has 1 amide bonds. The van der Waals surface area contributed by atoms with Crippen LogP contribution in [0.15, 0.2) is 42.5 Å². The zero-order valence-electron chi connectivity index (χ0n) is 18.8. The number of alkyl halides is 2. The molecule has 1 fully saturated rings. The van der Waals surface area contributed by atoms with E-state index in [0.717, 1.165) is 19.3 Å². The number of carbonyl (C=O) groups excluding carboxylic acids is 1. The summed E-state index contributed by atoms with van der Waals surface area (Å²) in [5.41, 5.74) is 1.25. The monoisotopic (exact) mass is 451 g/mol. The minimum Gasteiger partial charge on any atom is -0.481 e. The third kappa shape index (κ3) is 8.34. The van der Waals surface area contributed by atoms with Gasteiger partial charge in [0.15, 0.2) is 0 Å². The van der Waals surface area contributed by atoms with E-state index in [1.165, 1.54) is 10.5 Å². The van der Waals surface area contributed by atoms with Crippen LogP contribution in [0, 0.1) is 5.92 Å². The Morgan fingerprint density at radius 2 is 1.88 bits per heavy atom. The van der Waals surface area contributed by atoms with Gasteiger partial charge in [0.1, 0.15) is 0 Å². The number of rotatable bonds is 14. The zero-order chi connectivity index (χ0) is 23.6. The molecule has 7 heteroatoms. The lowest BCUT2D eigenvalue weighted by Gasteiger charge is -2.22. The number of amides is 1. The highest BCUT2D eigenvalue weighted by Crippen LogP contribution is 2.34. The number of carboxylic acids is 1. The van der Waals surface area contributed by atoms with Gasteiger partial charge in [0.05, 0.1) is 12.1 Å². The first kappa shape index (κ1) is 26.0. The number of carbonyl (C=O) groups is 2. The van der Waals surface area contributed by atoms with Crippen molar-refractivity contribution in [2.24, 2.45) is 5.92 Å². The standard InChI is InChI=1S/C25H35F2NO4/c1-19(10-9-13-20-11-5-4-6-12-20)22(29)16-15-21-18-25(26,27)24(32)28(21)17-8-3-2-7-14-23(30)31/h4-6,11-12,15-16,19,21-22,29H,2-3,7-10,13-14,17-18H2,1H3,(H,30,31)/t19?,21-,22+/m0/s1. The average molecular weight is 452 g/mol. The minimum absolute atomic E-state index is 0.0183. The number of nitrogens with zero attached hydrogens (tertiary/aromatic N) is 1. The van der Waals surface area contributed by atoms with E-state index in [9.17, 15) is 23.5 Å². The van der Waals surface area contributed by atoms with Crippen LogP contribution in [0.2, 0.25) is 0 Å². The van der Waals surface area contributed by atoms with E-state index in [-0.39, 0.29) is 18.9 Å². The fraction of sp³-hybridized carbons (Fsp3) is 0.600. The number of likely N-dealkylation sites (tertiary alicyclic amines) is 1. The van der Waals surface area contributed by atoms with E-state index >= 15 is 0 Å². The first-order valence-electron chi connectivity index (χ1n) is 11.5. The maximum Gasteiger partial charge on any atom is 0.327 e. The molecule has 1 unspecified atom stereocenters. The SMILES string of the molecule is CC(CCCc1ccccc1)[C@H](O)C=C[C@H]1CC(F)(F)C(=O)N1CCCCCCC(=O)O. The average Bonchev–Trinajstić information content (AvgIpc) is 2.97. The fourth-order valence-corrected chi connectivity index (χ4v) is 4.05. The second-order valence-corrected chi connectivity index (χ2v) is 8.76. The topological polar surface area (TPSA) is 77.8 Å². The van der Waals surface area contributed by atoms with Crippen molar-refractivity contribution in [3.8, 4) is 0 Å². The summed E-state index contributed by atoms with van der Waals surface area (Å²) in [6, 6.07) is 9.37. The molecular formula is C25H35F2NO4. The van der Waals surface area contributed by atoms with Crippen molar-refractivity contribution in [3.05, 3.63) is 48.0 Å². The fourth-order valence-electron chi connectivity index (χ4n) is 4.05. The summed E-state index contributed by atoms with van der Waals surface area (Å²) < 4.78 is 28.0. The van der Waals surface area contributed by atoms with Crippen molar-refractivity contribution in [1.82, 2.24) is 4.90 Å². The third-order valence-corrected chi connectivity index (χ3v) is 6.06. The van der Waals surface area contributed by atoms with Crippen LogP contribution in [0.3, 0.4) is 0 Å². The Kier molecular flexibility index (Phi) is 10.3. The van der Waals surface area contributed by atoms with E-state index in [1.807, 2.05) is 25.1 Å². The molecule has 2 rings (SSSR count). The maximum atomic E-state index is 14.0. The molecule has 1 heterocycles. The van der Waals surface area contributed by atoms with Crippen LogP contribution < -0.4 is 0 Å². The van der Waals surface area contributed by atoms with Crippen LogP contribution in [0.4, 0.5) is 8.78 Å². The number of hydrogen-bond donors (Lipinski definition) is 2. The number of carboxylic acid groups (broad SMARTS) is 1. The number of hydrogen-bond acceptors (Lipinski definition) is 3. The maximum absolute atomic E-state index is 14.0. The number of aliphatic hydroxyl groups excluding tert-OH is 1. The Bertz CT molecular complexity index is 754. The normalized spacial score (nSPS) is 20.1. The predicted molar refractivity (Wildman–Crippen MR) is 119 cm³/mol. The molecule has 0 spiro atoms. The third-order valence-electron chi connectivity index (χ3n) is 6.06. The predicted octanol–water partition coefficient (Wildman–Crippen LogP) is 4.83. The highest BCUT2D eigenvalue weighted by Gasteiger charge is 2.52. The van der Waals surface area contributed by atoms with Crippen molar-refractivity contribution in [1.29, 1.82) is 0 Å². The van der Waals surface area contributed by atoms with Gasteiger partial charge in [0.2, 0.25) is 0 Å². The quantitative estimate of drug-likeness (QED) is 0.314. The van der Waals surface area contributed by atoms with E-state index in [2.05, 4.69) is 12.1 Å². The molecular weight excluding hydrogens is 416 g/mol. The molecule has 2 N–H and O–H groups in total. The molecule has 5 nitrogen and oxygen atoms in total. The summed E-state index contributed by atoms with van der Waals surface area (Å²) in [5.74, 6) is -5.42. The molecule has 1 aliphatic heterocycles. The van der Waals surface area contributed by atoms with Gasteiger partial charge in [-0.3, -0.25) is 9.59 Å². The molecule has 0 saturated carbocycles. The number of unbranched alkanes of at least 4 members (excludes halogenated alkanes) is 3. The number of benzene rings is 1. The first-order chi connectivity index (χ1) is 15.2. The van der Waals surface area contributed by atoms with Gasteiger partial charge in [-0.25, -0.2) is 0 Å². The second-order valence-electron chi connectivity index (χ2n) is 8.76. The molecule has 1 aromatic rings. The Labute approximate surface area is 189 Å². The van der Waals surface area contributed by atoms with Crippen molar-refractivity contribution in [3.63, 3.8) is 0 Å². The molecule has 0 aromatic heterocycles. The molecule has 32 heavy (non-hydrogen) atoms. The largest absolute Gasteiger partial charge is 0.481 e. The Balaban J connectivity index is 1.81. The summed E-state index contributed by atoms with van der Waals surface area (Å²) in [4.78, 5) is 23.8. The van der Waals surface area contributed by atoms with Gasteiger partial charge < -0.3 is 15.1 Å². The molecule has 0 aliphatic carbocycles. The van der Waals surface area contributed by atoms with Gasteiger partial charge in [-0.05, 0) is 43.6 Å². The smallest absolute Gasteiger partial charge is 0.327 e. The van der Waals surface area contributed by atoms with E-state index < -0.39 is 36.4 Å². The van der Waals surface area contributed by atoms with Gasteiger partial charge in [0, 0.05) is 19.4 Å². The molecule has 1 aliphatic rings. The van der Waals surface area contributed by atoms with Crippen LogP contribution >= 0.6 is 0 Å². The van der Waals surface area contributed by atoms with Gasteiger partial charge >= 0.3 is 11.9 Å². The molecule has 1 saturated heterocycles. The van der Waals surface area contributed by atoms with Crippen molar-refractivity contribution in [2.75, 3.05) is 6.54 Å². The van der Waals surface area contributed by atoms with E-state index in [4.69, 9.17) is 5.11 Å². The highest BCUT2D eigenvalue weighted by atomic mass is 19.3. The summed E-state index contributed by atoms with van der Waals surface area (Å²) in [6.07, 6.45) is 6.95. The number of halogens is 2. The zero-order valence-corrected chi connectivity index (χ0v) is 18.8. The Morgan fingerprint density at radius 1 is 1.19 bits per heavy atom. The van der Waals surface area contributed by atoms with Gasteiger partial charge in [0.25, 0.3) is 5.91 Å². The minimum atomic E-state index is -3.38. The molecule has 178 valence electrons. The van der Waals surface area contributed by atoms with E-state index in [1.54, 1.807) is 12.2 Å². The molecule has 0 bridgehead atoms. The van der Waals surface area contributed by atoms with Crippen LogP contribution in [0.5, 0.6) is 0 Å². The van der Waals surface area contributed by atoms with E-state index in [0.29, 0.717) is 25.7 Å². The number of aliphatic carboxylic acids is 1.